The Kier molecular flexibility index (Phi) is 4.64. The van der Waals surface area contributed by atoms with E-state index >= 15 is 0 Å². The molecule has 150 valence electrons. The van der Waals surface area contributed by atoms with Gasteiger partial charge < -0.3 is 11.5 Å². The van der Waals surface area contributed by atoms with Crippen LogP contribution in [0.5, 0.6) is 0 Å². The number of fused-ring (bicyclic) bond motifs is 1. The lowest BCUT2D eigenvalue weighted by molar-refractivity contribution is -0.400. The highest BCUT2D eigenvalue weighted by atomic mass is 15.0. The van der Waals surface area contributed by atoms with Crippen molar-refractivity contribution < 1.29 is 4.58 Å². The summed E-state index contributed by atoms with van der Waals surface area (Å²) < 4.78 is 2.29. The first-order valence-corrected chi connectivity index (χ1v) is 10.4. The fourth-order valence-corrected chi connectivity index (χ4v) is 4.34. The normalized spacial score (nSPS) is 12.7. The Labute approximate surface area is 182 Å². The molecule has 1 aliphatic rings. The summed E-state index contributed by atoms with van der Waals surface area (Å²) in [6, 6.07) is 35.3. The van der Waals surface area contributed by atoms with E-state index in [1.807, 2.05) is 24.3 Å². The molecule has 0 bridgehead atoms. The molecule has 0 amide bonds. The predicted molar refractivity (Wildman–Crippen MR) is 130 cm³/mol. The minimum Gasteiger partial charge on any atom is -0.399 e. The molecule has 0 unspecified atom stereocenters. The summed E-state index contributed by atoms with van der Waals surface area (Å²) in [5.74, 6) is 0. The third-order valence-electron chi connectivity index (χ3n) is 5.80. The van der Waals surface area contributed by atoms with E-state index in [1.165, 1.54) is 28.1 Å². The van der Waals surface area contributed by atoms with E-state index in [9.17, 15) is 0 Å². The molecule has 0 saturated carbocycles. The van der Waals surface area contributed by atoms with E-state index in [1.54, 1.807) is 0 Å². The molecule has 3 nitrogen and oxygen atoms in total. The topological polar surface area (TPSA) is 55.0 Å². The standard InChI is InChI=1S/C28H23N3/c1-31-25-10-6-5-9-24(25)27(28(31)21-7-3-2-4-8-21)26(19-11-15-22(29)16-12-19)20-13-17-23(30)18-14-20/h2-18H,1H3,(H3,29,30)/p+1. The molecule has 0 aromatic heterocycles. The van der Waals surface area contributed by atoms with Crippen LogP contribution in [0.1, 0.15) is 22.3 Å². The smallest absolute Gasteiger partial charge is 0.221 e. The van der Waals surface area contributed by atoms with Crippen molar-refractivity contribution in [3.8, 4) is 0 Å². The lowest BCUT2D eigenvalue weighted by atomic mass is 9.86. The summed E-state index contributed by atoms with van der Waals surface area (Å²) in [4.78, 5) is 0. The van der Waals surface area contributed by atoms with Gasteiger partial charge in [0.25, 0.3) is 0 Å². The molecule has 0 spiro atoms. The maximum Gasteiger partial charge on any atom is 0.221 e. The second kappa shape index (κ2) is 7.62. The van der Waals surface area contributed by atoms with Crippen molar-refractivity contribution in [2.75, 3.05) is 18.5 Å². The molecule has 5 rings (SSSR count). The molecule has 0 saturated heterocycles. The van der Waals surface area contributed by atoms with Crippen molar-refractivity contribution in [3.63, 3.8) is 0 Å². The number of benzene rings is 4. The second-order valence-electron chi connectivity index (χ2n) is 7.78. The van der Waals surface area contributed by atoms with Crippen molar-refractivity contribution in [3.05, 3.63) is 125 Å². The first kappa shape index (κ1) is 18.9. The molecule has 4 aromatic carbocycles. The van der Waals surface area contributed by atoms with Gasteiger partial charge in [-0.25, -0.2) is 0 Å². The average Bonchev–Trinajstić information content (AvgIpc) is 3.09. The first-order valence-electron chi connectivity index (χ1n) is 10.4. The molecule has 4 N–H and O–H groups in total. The zero-order valence-electron chi connectivity index (χ0n) is 17.4. The average molecular weight is 403 g/mol. The van der Waals surface area contributed by atoms with Crippen molar-refractivity contribution in [2.24, 2.45) is 0 Å². The van der Waals surface area contributed by atoms with Crippen molar-refractivity contribution in [2.45, 2.75) is 0 Å². The van der Waals surface area contributed by atoms with E-state index in [-0.39, 0.29) is 0 Å². The highest BCUT2D eigenvalue weighted by Crippen LogP contribution is 2.42. The van der Waals surface area contributed by atoms with Gasteiger partial charge in [0.1, 0.15) is 7.05 Å². The van der Waals surface area contributed by atoms with Crippen LogP contribution in [0.3, 0.4) is 0 Å². The maximum absolute atomic E-state index is 6.01. The summed E-state index contributed by atoms with van der Waals surface area (Å²) in [7, 11) is 2.14. The summed E-state index contributed by atoms with van der Waals surface area (Å²) >= 11 is 0. The van der Waals surface area contributed by atoms with Crippen LogP contribution in [0, 0.1) is 0 Å². The quantitative estimate of drug-likeness (QED) is 0.347. The fraction of sp³-hybridized carbons (Fsp3) is 0.0357. The summed E-state index contributed by atoms with van der Waals surface area (Å²) in [5.41, 5.74) is 22.9. The van der Waals surface area contributed by atoms with Gasteiger partial charge in [-0.2, -0.15) is 4.58 Å². The molecule has 0 fully saturated rings. The van der Waals surface area contributed by atoms with Gasteiger partial charge in [0.15, 0.2) is 0 Å². The van der Waals surface area contributed by atoms with Gasteiger partial charge in [0.05, 0.1) is 11.1 Å². The Morgan fingerprint density at radius 2 is 1.13 bits per heavy atom. The van der Waals surface area contributed by atoms with Crippen LogP contribution in [0.15, 0.2) is 103 Å². The molecule has 1 heterocycles. The number of nitrogens with zero attached hydrogens (tertiary/aromatic N) is 1. The molecule has 31 heavy (non-hydrogen) atoms. The predicted octanol–water partition coefficient (Wildman–Crippen LogP) is 5.59. The van der Waals surface area contributed by atoms with Crippen LogP contribution in [0.4, 0.5) is 17.1 Å². The van der Waals surface area contributed by atoms with E-state index in [2.05, 4.69) is 90.5 Å². The third-order valence-corrected chi connectivity index (χ3v) is 5.80. The Morgan fingerprint density at radius 1 is 0.613 bits per heavy atom. The minimum atomic E-state index is 0.751. The molecular weight excluding hydrogens is 378 g/mol. The van der Waals surface area contributed by atoms with E-state index in [0.29, 0.717) is 0 Å². The number of allylic oxidation sites excluding steroid dienone is 1. The summed E-state index contributed by atoms with van der Waals surface area (Å²) in [5, 5.41) is 0. The van der Waals surface area contributed by atoms with Crippen molar-refractivity contribution in [1.29, 1.82) is 0 Å². The third kappa shape index (κ3) is 3.30. The van der Waals surface area contributed by atoms with E-state index in [4.69, 9.17) is 11.5 Å². The summed E-state index contributed by atoms with van der Waals surface area (Å²) in [6.07, 6.45) is 0. The molecule has 3 heteroatoms. The minimum absolute atomic E-state index is 0.751. The van der Waals surface area contributed by atoms with Gasteiger partial charge in [-0.05, 0) is 53.6 Å². The number of para-hydroxylation sites is 1. The Balaban J connectivity index is 1.90. The van der Waals surface area contributed by atoms with Gasteiger partial charge in [-0.1, -0.05) is 54.6 Å². The monoisotopic (exact) mass is 402 g/mol. The lowest BCUT2D eigenvalue weighted by Crippen LogP contribution is -2.11. The highest BCUT2D eigenvalue weighted by Gasteiger charge is 2.36. The van der Waals surface area contributed by atoms with E-state index in [0.717, 1.165) is 28.1 Å². The lowest BCUT2D eigenvalue weighted by Gasteiger charge is -2.14. The van der Waals surface area contributed by atoms with Gasteiger partial charge in [-0.3, -0.25) is 0 Å². The van der Waals surface area contributed by atoms with Gasteiger partial charge >= 0.3 is 0 Å². The Morgan fingerprint density at radius 3 is 1.71 bits per heavy atom. The number of anilines is 2. The molecule has 0 radical (unpaired) electrons. The fourth-order valence-electron chi connectivity index (χ4n) is 4.34. The van der Waals surface area contributed by atoms with Crippen molar-refractivity contribution in [1.82, 2.24) is 0 Å². The number of hydrogen-bond donors (Lipinski definition) is 2. The number of rotatable bonds is 3. The first-order chi connectivity index (χ1) is 15.1. The molecule has 4 aromatic rings. The van der Waals surface area contributed by atoms with Crippen molar-refractivity contribution >= 4 is 33.9 Å². The molecule has 1 aliphatic heterocycles. The van der Waals surface area contributed by atoms with E-state index < -0.39 is 0 Å². The van der Waals surface area contributed by atoms with Gasteiger partial charge in [-0.15, -0.1) is 0 Å². The van der Waals surface area contributed by atoms with Gasteiger partial charge in [0.2, 0.25) is 11.4 Å². The molecular formula is C28H24N3+. The zero-order chi connectivity index (χ0) is 21.4. The van der Waals surface area contributed by atoms with Crippen LogP contribution in [0.2, 0.25) is 0 Å². The number of hydrogen-bond acceptors (Lipinski definition) is 2. The highest BCUT2D eigenvalue weighted by molar-refractivity contribution is 6.38. The molecule has 0 aliphatic carbocycles. The molecule has 0 atom stereocenters. The summed E-state index contributed by atoms with van der Waals surface area (Å²) in [6.45, 7) is 0. The largest absolute Gasteiger partial charge is 0.399 e. The SMILES string of the molecule is C[N+]1=C(c2ccccc2)C(=C(c2ccc(N)cc2)c2ccc(N)cc2)c2ccccc21. The van der Waals surface area contributed by atoms with Gasteiger partial charge in [0, 0.05) is 28.6 Å². The zero-order valence-corrected chi connectivity index (χ0v) is 17.4. The Hall–Kier alpha value is -4.11. The number of nitrogen functional groups attached to an aromatic ring is 2. The maximum atomic E-state index is 6.01. The van der Waals surface area contributed by atoms with Crippen LogP contribution >= 0.6 is 0 Å². The van der Waals surface area contributed by atoms with Crippen LogP contribution in [-0.4, -0.2) is 17.3 Å². The van der Waals surface area contributed by atoms with Crippen LogP contribution < -0.4 is 11.5 Å². The van der Waals surface area contributed by atoms with Crippen LogP contribution in [-0.2, 0) is 0 Å². The second-order valence-corrected chi connectivity index (χ2v) is 7.78. The van der Waals surface area contributed by atoms with Crippen LogP contribution in [0.25, 0.3) is 11.1 Å². The number of nitrogens with two attached hydrogens (primary N) is 2. The Bertz CT molecular complexity index is 1270.